The monoisotopic (exact) mass is 282 g/mol. The average molecular weight is 282 g/mol. The highest BCUT2D eigenvalue weighted by molar-refractivity contribution is 5.84. The first-order valence-electron chi connectivity index (χ1n) is 7.00. The maximum absolute atomic E-state index is 5.76. The Labute approximate surface area is 123 Å². The quantitative estimate of drug-likeness (QED) is 0.548. The molecule has 0 aliphatic rings. The van der Waals surface area contributed by atoms with Gasteiger partial charge in [-0.05, 0) is 18.4 Å². The fourth-order valence-electron chi connectivity index (χ4n) is 2.55. The Balaban J connectivity index is 1.99. The summed E-state index contributed by atoms with van der Waals surface area (Å²) >= 11 is 0. The van der Waals surface area contributed by atoms with Crippen molar-refractivity contribution in [1.29, 1.82) is 0 Å². The molecule has 0 spiro atoms. The molecule has 2 heterocycles. The van der Waals surface area contributed by atoms with E-state index >= 15 is 0 Å². The van der Waals surface area contributed by atoms with Gasteiger partial charge in [-0.15, -0.1) is 0 Å². The van der Waals surface area contributed by atoms with Gasteiger partial charge in [-0.3, -0.25) is 20.9 Å². The van der Waals surface area contributed by atoms with Crippen molar-refractivity contribution in [3.63, 3.8) is 0 Å². The molecule has 0 saturated carbocycles. The van der Waals surface area contributed by atoms with Crippen molar-refractivity contribution in [1.82, 2.24) is 25.2 Å². The zero-order valence-corrected chi connectivity index (χ0v) is 11.9. The molecule has 3 N–H and O–H groups in total. The average Bonchev–Trinajstić information content (AvgIpc) is 2.99. The molecule has 0 aliphatic carbocycles. The molecule has 0 fully saturated rings. The number of pyridine rings is 1. The number of hydrogen-bond acceptors (Lipinski definition) is 5. The van der Waals surface area contributed by atoms with Gasteiger partial charge in [-0.2, -0.15) is 5.10 Å². The molecular formula is C15H18N6. The largest absolute Gasteiger partial charge is 0.271 e. The van der Waals surface area contributed by atoms with Crippen LogP contribution in [0.15, 0.2) is 42.9 Å². The molecule has 0 radical (unpaired) electrons. The minimum Gasteiger partial charge on any atom is -0.271 e. The van der Waals surface area contributed by atoms with Crippen LogP contribution >= 0.6 is 0 Å². The van der Waals surface area contributed by atoms with Gasteiger partial charge < -0.3 is 0 Å². The summed E-state index contributed by atoms with van der Waals surface area (Å²) in [5.41, 5.74) is 3.79. The number of benzene rings is 1. The van der Waals surface area contributed by atoms with Crippen LogP contribution in [-0.2, 0) is 13.0 Å². The molecule has 3 rings (SSSR count). The molecule has 3 aromatic rings. The Hall–Kier alpha value is -2.31. The highest BCUT2D eigenvalue weighted by Gasteiger charge is 2.17. The van der Waals surface area contributed by atoms with E-state index in [-0.39, 0.29) is 6.04 Å². The maximum Gasteiger partial charge on any atom is 0.138 e. The van der Waals surface area contributed by atoms with E-state index in [4.69, 9.17) is 5.84 Å². The number of rotatable bonds is 5. The molecule has 0 bridgehead atoms. The summed E-state index contributed by atoms with van der Waals surface area (Å²) in [5, 5.41) is 6.45. The van der Waals surface area contributed by atoms with Crippen molar-refractivity contribution in [2.24, 2.45) is 5.84 Å². The van der Waals surface area contributed by atoms with Gasteiger partial charge in [0.25, 0.3) is 0 Å². The van der Waals surface area contributed by atoms with Crippen LogP contribution in [0, 0.1) is 0 Å². The lowest BCUT2D eigenvalue weighted by Gasteiger charge is -2.17. The van der Waals surface area contributed by atoms with Crippen LogP contribution in [0.25, 0.3) is 10.8 Å². The summed E-state index contributed by atoms with van der Waals surface area (Å²) in [6, 6.07) is 10.1. The number of hydrogen-bond donors (Lipinski definition) is 2. The minimum atomic E-state index is -0.106. The topological polar surface area (TPSA) is 81.7 Å². The zero-order valence-electron chi connectivity index (χ0n) is 11.9. The van der Waals surface area contributed by atoms with Crippen LogP contribution in [0.5, 0.6) is 0 Å². The van der Waals surface area contributed by atoms with Gasteiger partial charge >= 0.3 is 0 Å². The minimum absolute atomic E-state index is 0.106. The molecular weight excluding hydrogens is 264 g/mol. The third-order valence-corrected chi connectivity index (χ3v) is 3.62. The first-order chi connectivity index (χ1) is 10.3. The van der Waals surface area contributed by atoms with E-state index in [9.17, 15) is 0 Å². The second-order valence-electron chi connectivity index (χ2n) is 4.83. The second-order valence-corrected chi connectivity index (χ2v) is 4.83. The fourth-order valence-corrected chi connectivity index (χ4v) is 2.55. The Morgan fingerprint density at radius 3 is 2.90 bits per heavy atom. The summed E-state index contributed by atoms with van der Waals surface area (Å²) in [6.45, 7) is 2.83. The van der Waals surface area contributed by atoms with E-state index in [2.05, 4.69) is 32.6 Å². The number of fused-ring (bicyclic) bond motifs is 1. The predicted molar refractivity (Wildman–Crippen MR) is 81.2 cm³/mol. The van der Waals surface area contributed by atoms with Gasteiger partial charge in [0.05, 0.1) is 11.7 Å². The lowest BCUT2D eigenvalue weighted by Crippen LogP contribution is -2.31. The molecule has 6 heteroatoms. The molecule has 108 valence electrons. The fraction of sp³-hybridized carbons (Fsp3) is 0.267. The van der Waals surface area contributed by atoms with E-state index in [0.717, 1.165) is 28.8 Å². The smallest absolute Gasteiger partial charge is 0.138 e. The standard InChI is InChI=1S/C15H18N6/c1-2-21-14(18-10-19-21)9-13(20-16)15-12-6-4-3-5-11(12)7-8-17-15/h3-8,10,13,20H,2,9,16H2,1H3. The molecule has 0 saturated heterocycles. The van der Waals surface area contributed by atoms with Gasteiger partial charge in [-0.1, -0.05) is 24.3 Å². The van der Waals surface area contributed by atoms with E-state index in [1.165, 1.54) is 0 Å². The molecule has 6 nitrogen and oxygen atoms in total. The lowest BCUT2D eigenvalue weighted by molar-refractivity contribution is 0.504. The van der Waals surface area contributed by atoms with E-state index in [1.54, 1.807) is 6.33 Å². The number of aryl methyl sites for hydroxylation is 1. The van der Waals surface area contributed by atoms with Crippen LogP contribution in [0.2, 0.25) is 0 Å². The molecule has 1 unspecified atom stereocenters. The maximum atomic E-state index is 5.76. The van der Waals surface area contributed by atoms with E-state index in [1.807, 2.05) is 36.0 Å². The number of nitrogens with two attached hydrogens (primary N) is 1. The normalized spacial score (nSPS) is 12.7. The second kappa shape index (κ2) is 5.99. The van der Waals surface area contributed by atoms with Gasteiger partial charge in [0, 0.05) is 24.5 Å². The Bertz CT molecular complexity index is 730. The summed E-state index contributed by atoms with van der Waals surface area (Å²) in [4.78, 5) is 8.82. The molecule has 1 aromatic carbocycles. The first kappa shape index (κ1) is 13.7. The van der Waals surface area contributed by atoms with Crippen LogP contribution in [-0.4, -0.2) is 19.7 Å². The van der Waals surface area contributed by atoms with E-state index < -0.39 is 0 Å². The Morgan fingerprint density at radius 2 is 2.10 bits per heavy atom. The zero-order chi connectivity index (χ0) is 14.7. The Morgan fingerprint density at radius 1 is 1.24 bits per heavy atom. The van der Waals surface area contributed by atoms with Crippen molar-refractivity contribution in [3.8, 4) is 0 Å². The van der Waals surface area contributed by atoms with Gasteiger partial charge in [0.1, 0.15) is 12.2 Å². The van der Waals surface area contributed by atoms with E-state index in [0.29, 0.717) is 6.42 Å². The number of nitrogens with zero attached hydrogens (tertiary/aromatic N) is 4. The first-order valence-corrected chi connectivity index (χ1v) is 7.00. The third kappa shape index (κ3) is 2.63. The SMILES string of the molecule is CCn1ncnc1CC(NN)c1nccc2ccccc12. The molecule has 2 aromatic heterocycles. The highest BCUT2D eigenvalue weighted by Crippen LogP contribution is 2.23. The van der Waals surface area contributed by atoms with Crippen molar-refractivity contribution in [2.45, 2.75) is 25.9 Å². The molecule has 21 heavy (non-hydrogen) atoms. The van der Waals surface area contributed by atoms with Gasteiger partial charge in [-0.25, -0.2) is 4.98 Å². The summed E-state index contributed by atoms with van der Waals surface area (Å²) in [6.07, 6.45) is 4.03. The molecule has 0 amide bonds. The summed E-state index contributed by atoms with van der Waals surface area (Å²) < 4.78 is 1.87. The van der Waals surface area contributed by atoms with Gasteiger partial charge in [0.15, 0.2) is 0 Å². The summed E-state index contributed by atoms with van der Waals surface area (Å²) in [7, 11) is 0. The highest BCUT2D eigenvalue weighted by atomic mass is 15.3. The van der Waals surface area contributed by atoms with Crippen LogP contribution in [0.1, 0.15) is 24.5 Å². The van der Waals surface area contributed by atoms with Gasteiger partial charge in [0.2, 0.25) is 0 Å². The van der Waals surface area contributed by atoms with Crippen LogP contribution < -0.4 is 11.3 Å². The third-order valence-electron chi connectivity index (χ3n) is 3.62. The Kier molecular flexibility index (Phi) is 3.89. The summed E-state index contributed by atoms with van der Waals surface area (Å²) in [5.74, 6) is 6.65. The number of hydrazine groups is 1. The molecule has 0 aliphatic heterocycles. The number of aromatic nitrogens is 4. The van der Waals surface area contributed by atoms with Crippen LogP contribution in [0.4, 0.5) is 0 Å². The number of nitrogens with one attached hydrogen (secondary N) is 1. The van der Waals surface area contributed by atoms with Crippen molar-refractivity contribution in [2.75, 3.05) is 0 Å². The van der Waals surface area contributed by atoms with Crippen molar-refractivity contribution >= 4 is 10.8 Å². The van der Waals surface area contributed by atoms with Crippen LogP contribution in [0.3, 0.4) is 0 Å². The van der Waals surface area contributed by atoms with Crippen molar-refractivity contribution in [3.05, 3.63) is 54.4 Å². The predicted octanol–water partition coefficient (Wildman–Crippen LogP) is 1.59. The van der Waals surface area contributed by atoms with Crippen molar-refractivity contribution < 1.29 is 0 Å². The lowest BCUT2D eigenvalue weighted by atomic mass is 10.0. The molecule has 1 atom stereocenters.